The molecule has 0 radical (unpaired) electrons. The second kappa shape index (κ2) is 13.7. The number of anilines is 3. The smallest absolute Gasteiger partial charge is 0.0540 e. The zero-order valence-corrected chi connectivity index (χ0v) is 31.7. The van der Waals surface area contributed by atoms with Gasteiger partial charge in [-0.2, -0.15) is 0 Å². The fraction of sp³-hybridized carbons (Fsp3) is 0.0545. The molecule has 0 saturated heterocycles. The summed E-state index contributed by atoms with van der Waals surface area (Å²) in [5.41, 5.74) is 18.4. The van der Waals surface area contributed by atoms with Crippen LogP contribution in [0.3, 0.4) is 0 Å². The van der Waals surface area contributed by atoms with Crippen molar-refractivity contribution in [2.45, 2.75) is 19.3 Å². The number of rotatable bonds is 7. The number of nitrogens with zero attached hydrogens (tertiary/aromatic N) is 1. The third kappa shape index (κ3) is 5.72. The van der Waals surface area contributed by atoms with Crippen molar-refractivity contribution in [1.29, 1.82) is 0 Å². The molecule has 56 heavy (non-hydrogen) atoms. The summed E-state index contributed by atoms with van der Waals surface area (Å²) in [6.07, 6.45) is 0. The minimum absolute atomic E-state index is 0.0615. The molecule has 1 heteroatoms. The van der Waals surface area contributed by atoms with Gasteiger partial charge in [-0.1, -0.05) is 190 Å². The topological polar surface area (TPSA) is 3.24 Å². The fourth-order valence-electron chi connectivity index (χ4n) is 8.88. The molecule has 0 saturated carbocycles. The van der Waals surface area contributed by atoms with Crippen molar-refractivity contribution >= 4 is 27.8 Å². The van der Waals surface area contributed by atoms with Crippen LogP contribution in [0.25, 0.3) is 66.4 Å². The zero-order valence-electron chi connectivity index (χ0n) is 31.7. The van der Waals surface area contributed by atoms with Crippen LogP contribution >= 0.6 is 0 Å². The van der Waals surface area contributed by atoms with Gasteiger partial charge in [0.25, 0.3) is 0 Å². The van der Waals surface area contributed by atoms with Crippen molar-refractivity contribution in [3.8, 4) is 55.6 Å². The van der Waals surface area contributed by atoms with Crippen LogP contribution in [0, 0.1) is 0 Å². The quantitative estimate of drug-likeness (QED) is 0.159. The van der Waals surface area contributed by atoms with E-state index < -0.39 is 0 Å². The molecule has 0 aliphatic heterocycles. The van der Waals surface area contributed by atoms with Gasteiger partial charge in [-0.3, -0.25) is 0 Å². The van der Waals surface area contributed by atoms with Crippen molar-refractivity contribution in [3.63, 3.8) is 0 Å². The Kier molecular flexibility index (Phi) is 8.23. The first-order chi connectivity index (χ1) is 27.5. The average Bonchev–Trinajstić information content (AvgIpc) is 3.49. The highest BCUT2D eigenvalue weighted by molar-refractivity contribution is 6.06. The van der Waals surface area contributed by atoms with Crippen LogP contribution in [0.1, 0.15) is 25.0 Å². The van der Waals surface area contributed by atoms with Gasteiger partial charge >= 0.3 is 0 Å². The Balaban J connectivity index is 1.12. The maximum Gasteiger partial charge on any atom is 0.0540 e. The highest BCUT2D eigenvalue weighted by Crippen LogP contribution is 2.50. The number of hydrogen-bond acceptors (Lipinski definition) is 1. The SMILES string of the molecule is CC1(C)c2ccccc2-c2ccc(-c3cccc(N(c4ccccc4)c4ccccc4-c4ccc5ccccc5c4-c4ccc(-c5ccccc5)cc4)c3)cc21. The highest BCUT2D eigenvalue weighted by atomic mass is 15.1. The summed E-state index contributed by atoms with van der Waals surface area (Å²) in [5, 5.41) is 2.46. The molecule has 0 bridgehead atoms. The molecule has 1 aliphatic carbocycles. The Hall–Kier alpha value is -6.96. The summed E-state index contributed by atoms with van der Waals surface area (Å²) < 4.78 is 0. The van der Waals surface area contributed by atoms with E-state index in [4.69, 9.17) is 0 Å². The predicted octanol–water partition coefficient (Wildman–Crippen LogP) is 15.3. The van der Waals surface area contributed by atoms with Gasteiger partial charge in [0, 0.05) is 22.4 Å². The van der Waals surface area contributed by atoms with Crippen LogP contribution in [0.5, 0.6) is 0 Å². The van der Waals surface area contributed by atoms with Crippen LogP contribution in [0.2, 0.25) is 0 Å². The Morgan fingerprint density at radius 2 is 0.893 bits per heavy atom. The van der Waals surface area contributed by atoms with Gasteiger partial charge < -0.3 is 4.90 Å². The fourth-order valence-corrected chi connectivity index (χ4v) is 8.88. The second-order valence-electron chi connectivity index (χ2n) is 15.3. The van der Waals surface area contributed by atoms with Crippen molar-refractivity contribution in [1.82, 2.24) is 0 Å². The maximum absolute atomic E-state index is 2.42. The maximum atomic E-state index is 2.42. The van der Waals surface area contributed by atoms with E-state index in [0.717, 1.165) is 17.1 Å². The molecule has 0 amide bonds. The van der Waals surface area contributed by atoms with Gasteiger partial charge in [0.2, 0.25) is 0 Å². The highest BCUT2D eigenvalue weighted by Gasteiger charge is 2.35. The molecule has 10 rings (SSSR count). The molecule has 1 aliphatic rings. The Bertz CT molecular complexity index is 2870. The van der Waals surface area contributed by atoms with E-state index in [9.17, 15) is 0 Å². The molecule has 0 atom stereocenters. The lowest BCUT2D eigenvalue weighted by atomic mass is 9.81. The molecule has 266 valence electrons. The lowest BCUT2D eigenvalue weighted by Crippen LogP contribution is -2.14. The summed E-state index contributed by atoms with van der Waals surface area (Å²) in [6, 6.07) is 77.6. The summed E-state index contributed by atoms with van der Waals surface area (Å²) in [7, 11) is 0. The van der Waals surface area contributed by atoms with E-state index >= 15 is 0 Å². The molecule has 0 spiro atoms. The van der Waals surface area contributed by atoms with E-state index in [2.05, 4.69) is 231 Å². The Morgan fingerprint density at radius 3 is 1.71 bits per heavy atom. The minimum Gasteiger partial charge on any atom is -0.310 e. The van der Waals surface area contributed by atoms with Crippen molar-refractivity contribution < 1.29 is 0 Å². The first kappa shape index (κ1) is 33.6. The van der Waals surface area contributed by atoms with Gasteiger partial charge in [0.05, 0.1) is 5.69 Å². The van der Waals surface area contributed by atoms with Crippen LogP contribution in [0.15, 0.2) is 212 Å². The third-order valence-electron chi connectivity index (χ3n) is 11.7. The molecule has 0 N–H and O–H groups in total. The summed E-state index contributed by atoms with van der Waals surface area (Å²) in [4.78, 5) is 2.42. The van der Waals surface area contributed by atoms with Gasteiger partial charge in [0.15, 0.2) is 0 Å². The van der Waals surface area contributed by atoms with E-state index in [1.807, 2.05) is 0 Å². The van der Waals surface area contributed by atoms with Crippen LogP contribution in [-0.4, -0.2) is 0 Å². The lowest BCUT2D eigenvalue weighted by molar-refractivity contribution is 0.660. The van der Waals surface area contributed by atoms with E-state index in [-0.39, 0.29) is 5.41 Å². The van der Waals surface area contributed by atoms with Gasteiger partial charge in [-0.15, -0.1) is 0 Å². The summed E-state index contributed by atoms with van der Waals surface area (Å²) in [5.74, 6) is 0. The van der Waals surface area contributed by atoms with Crippen molar-refractivity contribution in [3.05, 3.63) is 223 Å². The molecular weight excluding hydrogens is 675 g/mol. The number of hydrogen-bond donors (Lipinski definition) is 0. The van der Waals surface area contributed by atoms with E-state index in [0.29, 0.717) is 0 Å². The van der Waals surface area contributed by atoms with Crippen LogP contribution in [0.4, 0.5) is 17.1 Å². The molecule has 0 fully saturated rings. The van der Waals surface area contributed by atoms with Crippen LogP contribution < -0.4 is 4.90 Å². The standard InChI is InChI=1S/C55H41N/c1-55(2)51-26-13-11-24-47(51)48-34-33-43(37-52(48)55)42-19-15-22-45(36-42)56(44-20-7-4-8-21-44)53-27-14-12-25-49(53)50-35-32-40-18-9-10-23-46(40)54(50)41-30-28-39(29-31-41)38-16-5-3-6-17-38/h3-37H,1-2H3. The largest absolute Gasteiger partial charge is 0.310 e. The zero-order chi connectivity index (χ0) is 37.6. The normalized spacial score (nSPS) is 12.6. The van der Waals surface area contributed by atoms with Crippen molar-refractivity contribution in [2.75, 3.05) is 4.90 Å². The van der Waals surface area contributed by atoms with Gasteiger partial charge in [0.1, 0.15) is 0 Å². The minimum atomic E-state index is -0.0615. The molecule has 1 nitrogen and oxygen atoms in total. The third-order valence-corrected chi connectivity index (χ3v) is 11.7. The van der Waals surface area contributed by atoms with Gasteiger partial charge in [-0.25, -0.2) is 0 Å². The molecule has 0 heterocycles. The molecule has 0 unspecified atom stereocenters. The Morgan fingerprint density at radius 1 is 0.339 bits per heavy atom. The van der Waals surface area contributed by atoms with Crippen molar-refractivity contribution in [2.24, 2.45) is 0 Å². The average molecular weight is 716 g/mol. The Labute approximate surface area is 329 Å². The van der Waals surface area contributed by atoms with E-state index in [1.165, 1.54) is 77.5 Å². The summed E-state index contributed by atoms with van der Waals surface area (Å²) in [6.45, 7) is 4.70. The van der Waals surface area contributed by atoms with Gasteiger partial charge in [-0.05, 0) is 108 Å². The number of para-hydroxylation sites is 2. The first-order valence-corrected chi connectivity index (χ1v) is 19.5. The predicted molar refractivity (Wildman–Crippen MR) is 238 cm³/mol. The lowest BCUT2D eigenvalue weighted by Gasteiger charge is -2.29. The molecule has 9 aromatic carbocycles. The molecular formula is C55H41N. The second-order valence-corrected chi connectivity index (χ2v) is 15.3. The summed E-state index contributed by atoms with van der Waals surface area (Å²) >= 11 is 0. The monoisotopic (exact) mass is 715 g/mol. The number of benzene rings is 9. The molecule has 9 aromatic rings. The van der Waals surface area contributed by atoms with E-state index in [1.54, 1.807) is 0 Å². The van der Waals surface area contributed by atoms with Crippen LogP contribution in [-0.2, 0) is 5.41 Å². The first-order valence-electron chi connectivity index (χ1n) is 19.5. The molecule has 0 aromatic heterocycles. The number of fused-ring (bicyclic) bond motifs is 4.